The summed E-state index contributed by atoms with van der Waals surface area (Å²) in [6.07, 6.45) is -1.12. The second kappa shape index (κ2) is 3.70. The molecule has 2 nitrogen and oxygen atoms in total. The van der Waals surface area contributed by atoms with E-state index in [-0.39, 0.29) is 16.9 Å². The Hall–Kier alpha value is -1.10. The topological polar surface area (TPSA) is 38.9 Å². The van der Waals surface area contributed by atoms with Gasteiger partial charge in [0.1, 0.15) is 0 Å². The molecule has 0 aromatic carbocycles. The van der Waals surface area contributed by atoms with Crippen molar-refractivity contribution < 1.29 is 13.2 Å². The van der Waals surface area contributed by atoms with E-state index < -0.39 is 17.8 Å². The summed E-state index contributed by atoms with van der Waals surface area (Å²) in [6, 6.07) is 0.403. The van der Waals surface area contributed by atoms with Crippen LogP contribution in [0.1, 0.15) is 37.4 Å². The highest BCUT2D eigenvalue weighted by atomic mass is 19.4. The van der Waals surface area contributed by atoms with Crippen molar-refractivity contribution >= 4 is 0 Å². The molecule has 1 saturated carbocycles. The third-order valence-electron chi connectivity index (χ3n) is 3.54. The molecule has 1 heterocycles. The molecule has 2 unspecified atom stereocenters. The molecule has 0 bridgehead atoms. The Balaban J connectivity index is 2.33. The van der Waals surface area contributed by atoms with Gasteiger partial charge in [-0.2, -0.15) is 13.2 Å². The van der Waals surface area contributed by atoms with Gasteiger partial charge in [0.05, 0.1) is 5.56 Å². The summed E-state index contributed by atoms with van der Waals surface area (Å²) in [5.74, 6) is 0.104. The second-order valence-electron chi connectivity index (χ2n) is 5.29. The highest BCUT2D eigenvalue weighted by molar-refractivity contribution is 5.31. The van der Waals surface area contributed by atoms with E-state index in [4.69, 9.17) is 5.73 Å². The third kappa shape index (κ3) is 2.29. The molecule has 94 valence electrons. The van der Waals surface area contributed by atoms with Crippen molar-refractivity contribution in [3.05, 3.63) is 29.6 Å². The molecule has 2 rings (SSSR count). The van der Waals surface area contributed by atoms with Gasteiger partial charge in [-0.3, -0.25) is 4.98 Å². The van der Waals surface area contributed by atoms with Gasteiger partial charge in [-0.1, -0.05) is 13.8 Å². The van der Waals surface area contributed by atoms with Crippen molar-refractivity contribution in [3.63, 3.8) is 0 Å². The number of nitrogens with zero attached hydrogens (tertiary/aromatic N) is 1. The van der Waals surface area contributed by atoms with Crippen molar-refractivity contribution in [2.45, 2.75) is 32.5 Å². The van der Waals surface area contributed by atoms with Crippen LogP contribution >= 0.6 is 0 Å². The van der Waals surface area contributed by atoms with Gasteiger partial charge in [0.25, 0.3) is 0 Å². The second-order valence-corrected chi connectivity index (χ2v) is 5.29. The molecular weight excluding hydrogens is 229 g/mol. The molecule has 2 atom stereocenters. The lowest BCUT2D eigenvalue weighted by atomic mass is 9.95. The van der Waals surface area contributed by atoms with Crippen molar-refractivity contribution in [1.82, 2.24) is 4.98 Å². The molecule has 0 amide bonds. The Morgan fingerprint density at radius 3 is 2.53 bits per heavy atom. The van der Waals surface area contributed by atoms with Gasteiger partial charge in [0.2, 0.25) is 0 Å². The summed E-state index contributed by atoms with van der Waals surface area (Å²) in [4.78, 5) is 3.76. The fourth-order valence-electron chi connectivity index (χ4n) is 2.27. The smallest absolute Gasteiger partial charge is 0.324 e. The largest absolute Gasteiger partial charge is 0.416 e. The Bertz CT molecular complexity index is 426. The minimum Gasteiger partial charge on any atom is -0.324 e. The molecule has 5 heteroatoms. The van der Waals surface area contributed by atoms with E-state index in [2.05, 4.69) is 4.98 Å². The van der Waals surface area contributed by atoms with Crippen molar-refractivity contribution in [2.75, 3.05) is 0 Å². The minimum atomic E-state index is -4.37. The standard InChI is InChI=1S/C12H15F3N2/c1-11(2)5-9(11)10(16)7-6-17-4-3-8(7)12(13,14)15/h3-4,6,9-10H,5,16H2,1-2H3. The number of rotatable bonds is 2. The van der Waals surface area contributed by atoms with Crippen LogP contribution in [0.25, 0.3) is 0 Å². The first-order chi connectivity index (χ1) is 7.73. The Morgan fingerprint density at radius 2 is 2.06 bits per heavy atom. The van der Waals surface area contributed by atoms with E-state index in [1.165, 1.54) is 6.20 Å². The lowest BCUT2D eigenvalue weighted by molar-refractivity contribution is -0.138. The van der Waals surface area contributed by atoms with E-state index in [0.717, 1.165) is 18.7 Å². The van der Waals surface area contributed by atoms with Gasteiger partial charge in [-0.25, -0.2) is 0 Å². The van der Waals surface area contributed by atoms with E-state index >= 15 is 0 Å². The van der Waals surface area contributed by atoms with Crippen molar-refractivity contribution in [3.8, 4) is 0 Å². The molecule has 1 fully saturated rings. The van der Waals surface area contributed by atoms with Crippen LogP contribution in [0.3, 0.4) is 0 Å². The third-order valence-corrected chi connectivity index (χ3v) is 3.54. The van der Waals surface area contributed by atoms with Gasteiger partial charge >= 0.3 is 6.18 Å². The summed E-state index contributed by atoms with van der Waals surface area (Å²) in [7, 11) is 0. The number of aromatic nitrogens is 1. The number of hydrogen-bond acceptors (Lipinski definition) is 2. The van der Waals surface area contributed by atoms with Crippen LogP contribution in [0, 0.1) is 11.3 Å². The first kappa shape index (κ1) is 12.4. The molecule has 17 heavy (non-hydrogen) atoms. The average molecular weight is 244 g/mol. The zero-order valence-electron chi connectivity index (χ0n) is 9.75. The van der Waals surface area contributed by atoms with Gasteiger partial charge in [0, 0.05) is 18.4 Å². The summed E-state index contributed by atoms with van der Waals surface area (Å²) in [6.45, 7) is 4.03. The molecule has 2 N–H and O–H groups in total. The molecule has 0 spiro atoms. The zero-order valence-corrected chi connectivity index (χ0v) is 9.75. The molecule has 0 aliphatic heterocycles. The van der Waals surface area contributed by atoms with Crippen LogP contribution < -0.4 is 5.73 Å². The van der Waals surface area contributed by atoms with E-state index in [1.54, 1.807) is 0 Å². The van der Waals surface area contributed by atoms with Crippen LogP contribution in [-0.2, 0) is 6.18 Å². The maximum absolute atomic E-state index is 12.8. The molecule has 1 aromatic rings. The molecule has 0 saturated heterocycles. The Kier molecular flexibility index (Phi) is 2.69. The van der Waals surface area contributed by atoms with Crippen molar-refractivity contribution in [2.24, 2.45) is 17.1 Å². The van der Waals surface area contributed by atoms with Crippen molar-refractivity contribution in [1.29, 1.82) is 0 Å². The molecule has 0 radical (unpaired) electrons. The number of nitrogens with two attached hydrogens (primary N) is 1. The molecular formula is C12H15F3N2. The Labute approximate surface area is 98.0 Å². The summed E-state index contributed by atoms with van der Waals surface area (Å²) >= 11 is 0. The van der Waals surface area contributed by atoms with Crippen LogP contribution in [0.2, 0.25) is 0 Å². The highest BCUT2D eigenvalue weighted by Gasteiger charge is 2.50. The zero-order chi connectivity index (χ0) is 12.8. The first-order valence-electron chi connectivity index (χ1n) is 5.50. The quantitative estimate of drug-likeness (QED) is 0.868. The van der Waals surface area contributed by atoms with Crippen LogP contribution in [0.15, 0.2) is 18.5 Å². The minimum absolute atomic E-state index is 0.0398. The summed E-state index contributed by atoms with van der Waals surface area (Å²) < 4.78 is 38.4. The predicted octanol–water partition coefficient (Wildman–Crippen LogP) is 3.15. The normalized spacial score (nSPS) is 24.5. The lowest BCUT2D eigenvalue weighted by Gasteiger charge is -2.18. The summed E-state index contributed by atoms with van der Waals surface area (Å²) in [5, 5.41) is 0. The van der Waals surface area contributed by atoms with Gasteiger partial charge in [-0.15, -0.1) is 0 Å². The highest BCUT2D eigenvalue weighted by Crippen LogP contribution is 2.57. The number of halogens is 3. The maximum atomic E-state index is 12.8. The monoisotopic (exact) mass is 244 g/mol. The number of hydrogen-bond donors (Lipinski definition) is 1. The molecule has 1 aliphatic carbocycles. The number of alkyl halides is 3. The van der Waals surface area contributed by atoms with Crippen LogP contribution in [-0.4, -0.2) is 4.98 Å². The SMILES string of the molecule is CC1(C)CC1C(N)c1cnccc1C(F)(F)F. The first-order valence-corrected chi connectivity index (χ1v) is 5.50. The fraction of sp³-hybridized carbons (Fsp3) is 0.583. The summed E-state index contributed by atoms with van der Waals surface area (Å²) in [5.41, 5.74) is 5.42. The van der Waals surface area contributed by atoms with Gasteiger partial charge in [0.15, 0.2) is 0 Å². The predicted molar refractivity (Wildman–Crippen MR) is 58.1 cm³/mol. The van der Waals surface area contributed by atoms with E-state index in [0.29, 0.717) is 0 Å². The van der Waals surface area contributed by atoms with Crippen LogP contribution in [0.5, 0.6) is 0 Å². The average Bonchev–Trinajstić information content (AvgIpc) is 2.85. The number of pyridine rings is 1. The molecule has 1 aliphatic rings. The van der Waals surface area contributed by atoms with Crippen LogP contribution in [0.4, 0.5) is 13.2 Å². The molecule has 1 aromatic heterocycles. The fourth-order valence-corrected chi connectivity index (χ4v) is 2.27. The van der Waals surface area contributed by atoms with Gasteiger partial charge in [-0.05, 0) is 29.4 Å². The van der Waals surface area contributed by atoms with E-state index in [1.807, 2.05) is 13.8 Å². The van der Waals surface area contributed by atoms with Gasteiger partial charge < -0.3 is 5.73 Å². The maximum Gasteiger partial charge on any atom is 0.416 e. The Morgan fingerprint density at radius 1 is 1.47 bits per heavy atom. The lowest BCUT2D eigenvalue weighted by Crippen LogP contribution is -2.21. The van der Waals surface area contributed by atoms with E-state index in [9.17, 15) is 13.2 Å².